The lowest BCUT2D eigenvalue weighted by molar-refractivity contribution is 0.506. The van der Waals surface area contributed by atoms with Crippen LogP contribution in [0.5, 0.6) is 0 Å². The van der Waals surface area contributed by atoms with E-state index in [-0.39, 0.29) is 10.9 Å². The molecule has 1 atom stereocenters. The summed E-state index contributed by atoms with van der Waals surface area (Å²) in [6.07, 6.45) is 5.64. The summed E-state index contributed by atoms with van der Waals surface area (Å²) in [6.45, 7) is 0. The van der Waals surface area contributed by atoms with Crippen LogP contribution in [0.2, 0.25) is 0 Å². The highest BCUT2D eigenvalue weighted by atomic mass is 32.2. The van der Waals surface area contributed by atoms with Gasteiger partial charge in [-0.2, -0.15) is 0 Å². The Labute approximate surface area is 139 Å². The zero-order valence-corrected chi connectivity index (χ0v) is 13.6. The van der Waals surface area contributed by atoms with Crippen LogP contribution in [-0.2, 0) is 22.9 Å². The van der Waals surface area contributed by atoms with Crippen molar-refractivity contribution in [2.24, 2.45) is 0 Å². The third-order valence-corrected chi connectivity index (χ3v) is 5.97. The second-order valence-electron chi connectivity index (χ2n) is 6.02. The van der Waals surface area contributed by atoms with Gasteiger partial charge in [0.2, 0.25) is 10.0 Å². The van der Waals surface area contributed by atoms with Crippen LogP contribution in [0.1, 0.15) is 17.7 Å². The highest BCUT2D eigenvalue weighted by Gasteiger charge is 2.26. The van der Waals surface area contributed by atoms with E-state index in [0.29, 0.717) is 12.8 Å². The monoisotopic (exact) mass is 345 g/mol. The second-order valence-corrected chi connectivity index (χ2v) is 7.73. The molecule has 0 aliphatic heterocycles. The number of sulfonamides is 1. The molecule has 0 bridgehead atoms. The van der Waals surface area contributed by atoms with Crippen LogP contribution in [0.4, 0.5) is 4.39 Å². The number of aromatic nitrogens is 2. The van der Waals surface area contributed by atoms with Crippen molar-refractivity contribution in [3.05, 3.63) is 59.8 Å². The van der Waals surface area contributed by atoms with Crippen LogP contribution < -0.4 is 4.72 Å². The molecule has 7 heteroatoms. The Bertz CT molecular complexity index is 996. The molecule has 1 aromatic carbocycles. The number of benzene rings is 1. The van der Waals surface area contributed by atoms with E-state index in [0.717, 1.165) is 40.7 Å². The van der Waals surface area contributed by atoms with Crippen molar-refractivity contribution < 1.29 is 12.8 Å². The summed E-state index contributed by atoms with van der Waals surface area (Å²) in [5, 5.41) is 1.09. The summed E-state index contributed by atoms with van der Waals surface area (Å²) in [6, 6.07) is 6.63. The van der Waals surface area contributed by atoms with Gasteiger partial charge < -0.3 is 4.98 Å². The summed E-state index contributed by atoms with van der Waals surface area (Å²) in [4.78, 5) is 7.55. The smallest absolute Gasteiger partial charge is 0.240 e. The normalized spacial score (nSPS) is 17.8. The first-order valence-electron chi connectivity index (χ1n) is 7.74. The number of hydrogen-bond donors (Lipinski definition) is 2. The Balaban J connectivity index is 1.59. The number of rotatable bonds is 3. The Kier molecular flexibility index (Phi) is 3.62. The van der Waals surface area contributed by atoms with Gasteiger partial charge in [0.15, 0.2) is 0 Å². The fraction of sp³-hybridized carbons (Fsp3) is 0.235. The van der Waals surface area contributed by atoms with E-state index in [4.69, 9.17) is 0 Å². The van der Waals surface area contributed by atoms with Crippen molar-refractivity contribution in [3.8, 4) is 0 Å². The minimum atomic E-state index is -3.65. The van der Waals surface area contributed by atoms with Crippen molar-refractivity contribution >= 4 is 20.9 Å². The van der Waals surface area contributed by atoms with Crippen molar-refractivity contribution in [2.45, 2.75) is 30.2 Å². The largest absolute Gasteiger partial charge is 0.357 e. The van der Waals surface area contributed by atoms with Gasteiger partial charge >= 0.3 is 0 Å². The fourth-order valence-electron chi connectivity index (χ4n) is 3.27. The number of H-pyrrole nitrogens is 1. The van der Waals surface area contributed by atoms with E-state index in [1.807, 2.05) is 6.07 Å². The lowest BCUT2D eigenvalue weighted by Gasteiger charge is -2.23. The van der Waals surface area contributed by atoms with Gasteiger partial charge in [-0.05, 0) is 55.2 Å². The summed E-state index contributed by atoms with van der Waals surface area (Å²) >= 11 is 0. The Morgan fingerprint density at radius 2 is 2.00 bits per heavy atom. The SMILES string of the molecule is O=S(=O)(NC1CCc2[nH]c3cnccc3c2C1)c1ccc(F)cc1. The van der Waals surface area contributed by atoms with Crippen LogP contribution in [0, 0.1) is 5.82 Å². The first-order valence-corrected chi connectivity index (χ1v) is 9.22. The molecule has 2 aromatic heterocycles. The maximum atomic E-state index is 13.0. The van der Waals surface area contributed by atoms with Crippen molar-refractivity contribution in [2.75, 3.05) is 0 Å². The standard InChI is InChI=1S/C17H16FN3O2S/c18-11-1-4-13(5-2-11)24(22,23)21-12-3-6-16-15(9-12)14-7-8-19-10-17(14)20-16/h1-2,4-5,7-8,10,12,20-21H,3,6,9H2. The van der Waals surface area contributed by atoms with E-state index in [9.17, 15) is 12.8 Å². The predicted octanol–water partition coefficient (Wildman–Crippen LogP) is 2.54. The topological polar surface area (TPSA) is 74.8 Å². The Hall–Kier alpha value is -2.25. The minimum absolute atomic E-state index is 0.0813. The van der Waals surface area contributed by atoms with E-state index < -0.39 is 15.8 Å². The molecule has 1 aliphatic rings. The molecule has 1 unspecified atom stereocenters. The molecule has 4 rings (SSSR count). The van der Waals surface area contributed by atoms with Gasteiger partial charge in [-0.25, -0.2) is 17.5 Å². The molecule has 0 radical (unpaired) electrons. The summed E-state index contributed by atoms with van der Waals surface area (Å²) in [5.41, 5.74) is 3.27. The lowest BCUT2D eigenvalue weighted by atomic mass is 9.92. The predicted molar refractivity (Wildman–Crippen MR) is 88.6 cm³/mol. The fourth-order valence-corrected chi connectivity index (χ4v) is 4.54. The van der Waals surface area contributed by atoms with Gasteiger partial charge in [-0.15, -0.1) is 0 Å². The quantitative estimate of drug-likeness (QED) is 0.766. The number of nitrogens with one attached hydrogen (secondary N) is 2. The minimum Gasteiger partial charge on any atom is -0.357 e. The van der Waals surface area contributed by atoms with Gasteiger partial charge in [-0.1, -0.05) is 0 Å². The highest BCUT2D eigenvalue weighted by molar-refractivity contribution is 7.89. The number of aromatic amines is 1. The van der Waals surface area contributed by atoms with Crippen LogP contribution >= 0.6 is 0 Å². The number of nitrogens with zero attached hydrogens (tertiary/aromatic N) is 1. The van der Waals surface area contributed by atoms with Gasteiger partial charge in [0.1, 0.15) is 5.82 Å². The molecule has 5 nitrogen and oxygen atoms in total. The molecule has 0 fully saturated rings. The van der Waals surface area contributed by atoms with Gasteiger partial charge in [-0.3, -0.25) is 4.98 Å². The summed E-state index contributed by atoms with van der Waals surface area (Å²) in [7, 11) is -3.65. The summed E-state index contributed by atoms with van der Waals surface area (Å²) in [5.74, 6) is -0.455. The maximum absolute atomic E-state index is 13.0. The first-order chi connectivity index (χ1) is 11.5. The van der Waals surface area contributed by atoms with E-state index in [2.05, 4.69) is 14.7 Å². The van der Waals surface area contributed by atoms with Crippen LogP contribution in [0.25, 0.3) is 10.9 Å². The maximum Gasteiger partial charge on any atom is 0.240 e. The van der Waals surface area contributed by atoms with Crippen LogP contribution in [0.3, 0.4) is 0 Å². The van der Waals surface area contributed by atoms with Gasteiger partial charge in [0, 0.05) is 23.3 Å². The molecule has 0 amide bonds. The number of hydrogen-bond acceptors (Lipinski definition) is 3. The highest BCUT2D eigenvalue weighted by Crippen LogP contribution is 2.29. The Morgan fingerprint density at radius 1 is 1.21 bits per heavy atom. The molecule has 2 heterocycles. The summed E-state index contributed by atoms with van der Waals surface area (Å²) < 4.78 is 40.7. The molecule has 0 saturated carbocycles. The first kappa shape index (κ1) is 15.3. The average molecular weight is 345 g/mol. The van der Waals surface area contributed by atoms with E-state index >= 15 is 0 Å². The molecule has 3 aromatic rings. The molecule has 24 heavy (non-hydrogen) atoms. The molecular formula is C17H16FN3O2S. The molecule has 2 N–H and O–H groups in total. The van der Waals surface area contributed by atoms with E-state index in [1.165, 1.54) is 12.1 Å². The van der Waals surface area contributed by atoms with Crippen LogP contribution in [0.15, 0.2) is 47.6 Å². The number of fused-ring (bicyclic) bond motifs is 3. The molecule has 1 aliphatic carbocycles. The second kappa shape index (κ2) is 5.68. The Morgan fingerprint density at radius 3 is 2.79 bits per heavy atom. The zero-order valence-electron chi connectivity index (χ0n) is 12.8. The molecule has 0 spiro atoms. The molecule has 124 valence electrons. The van der Waals surface area contributed by atoms with Crippen LogP contribution in [-0.4, -0.2) is 24.4 Å². The number of halogens is 1. The third-order valence-electron chi connectivity index (χ3n) is 4.44. The van der Waals surface area contributed by atoms with Crippen molar-refractivity contribution in [3.63, 3.8) is 0 Å². The van der Waals surface area contributed by atoms with E-state index in [1.54, 1.807) is 12.4 Å². The zero-order chi connectivity index (χ0) is 16.7. The van der Waals surface area contributed by atoms with Gasteiger partial charge in [0.25, 0.3) is 0 Å². The lowest BCUT2D eigenvalue weighted by Crippen LogP contribution is -2.38. The average Bonchev–Trinajstić information content (AvgIpc) is 2.93. The molecular weight excluding hydrogens is 329 g/mol. The number of pyridine rings is 1. The molecule has 0 saturated heterocycles. The van der Waals surface area contributed by atoms with Gasteiger partial charge in [0.05, 0.1) is 16.6 Å². The van der Waals surface area contributed by atoms with Crippen molar-refractivity contribution in [1.29, 1.82) is 0 Å². The number of aryl methyl sites for hydroxylation is 1. The third kappa shape index (κ3) is 2.70. The van der Waals surface area contributed by atoms with Crippen molar-refractivity contribution in [1.82, 2.24) is 14.7 Å².